The van der Waals surface area contributed by atoms with Gasteiger partial charge in [-0.1, -0.05) is 0 Å². The highest BCUT2D eigenvalue weighted by Gasteiger charge is 2.16. The van der Waals surface area contributed by atoms with Crippen molar-refractivity contribution in [3.05, 3.63) is 24.0 Å². The van der Waals surface area contributed by atoms with Crippen molar-refractivity contribution in [1.82, 2.24) is 24.9 Å². The number of alkyl carbamates (subject to hydrolysis) is 1. The summed E-state index contributed by atoms with van der Waals surface area (Å²) >= 11 is 0. The summed E-state index contributed by atoms with van der Waals surface area (Å²) in [7, 11) is 0. The molecule has 32 heavy (non-hydrogen) atoms. The van der Waals surface area contributed by atoms with Crippen molar-refractivity contribution in [1.29, 1.82) is 0 Å². The lowest BCUT2D eigenvalue weighted by atomic mass is 10.2. The van der Waals surface area contributed by atoms with Gasteiger partial charge in [0.2, 0.25) is 5.65 Å². The molecule has 0 radical (unpaired) electrons. The van der Waals surface area contributed by atoms with E-state index in [2.05, 4.69) is 43.9 Å². The molecule has 1 fully saturated rings. The van der Waals surface area contributed by atoms with Crippen molar-refractivity contribution in [3.8, 4) is 0 Å². The van der Waals surface area contributed by atoms with Crippen LogP contribution in [-0.4, -0.2) is 71.2 Å². The lowest BCUT2D eigenvalue weighted by Crippen LogP contribution is -2.36. The molecule has 172 valence electrons. The van der Waals surface area contributed by atoms with Crippen molar-refractivity contribution < 1.29 is 14.3 Å². The van der Waals surface area contributed by atoms with E-state index >= 15 is 0 Å². The number of aryl methyl sites for hydroxylation is 1. The topological polar surface area (TPSA) is 106 Å². The molecule has 1 amide bonds. The molecule has 0 spiro atoms. The number of amides is 1. The summed E-state index contributed by atoms with van der Waals surface area (Å²) < 4.78 is 12.6. The molecule has 1 saturated heterocycles. The van der Waals surface area contributed by atoms with Gasteiger partial charge in [0.1, 0.15) is 5.82 Å². The fourth-order valence-corrected chi connectivity index (χ4v) is 3.80. The van der Waals surface area contributed by atoms with E-state index in [9.17, 15) is 4.79 Å². The van der Waals surface area contributed by atoms with E-state index in [-0.39, 0.29) is 12.2 Å². The number of ether oxygens (including phenoxy) is 2. The number of aromatic nitrogens is 4. The van der Waals surface area contributed by atoms with Gasteiger partial charge in [0, 0.05) is 31.9 Å². The van der Waals surface area contributed by atoms with E-state index < -0.39 is 0 Å². The number of benzene rings is 1. The van der Waals surface area contributed by atoms with Crippen LogP contribution in [0.5, 0.6) is 0 Å². The highest BCUT2D eigenvalue weighted by molar-refractivity contribution is 5.85. The number of carbonyl (C=O) groups is 1. The number of hydrogen-bond acceptors (Lipinski definition) is 8. The van der Waals surface area contributed by atoms with Crippen molar-refractivity contribution in [2.24, 2.45) is 0 Å². The zero-order chi connectivity index (χ0) is 22.5. The minimum Gasteiger partial charge on any atom is -0.447 e. The average molecular weight is 442 g/mol. The van der Waals surface area contributed by atoms with Crippen LogP contribution in [0.1, 0.15) is 32.5 Å². The normalized spacial score (nSPS) is 14.3. The van der Waals surface area contributed by atoms with Crippen LogP contribution in [0.3, 0.4) is 0 Å². The molecule has 4 rings (SSSR count). The molecule has 0 saturated carbocycles. The summed E-state index contributed by atoms with van der Waals surface area (Å²) in [6.45, 7) is 10.1. The van der Waals surface area contributed by atoms with Crippen LogP contribution in [0.25, 0.3) is 16.7 Å². The predicted octanol–water partition coefficient (Wildman–Crippen LogP) is 2.75. The maximum absolute atomic E-state index is 11.5. The second-order valence-electron chi connectivity index (χ2n) is 8.15. The number of morpholine rings is 1. The van der Waals surface area contributed by atoms with Crippen LogP contribution in [0.15, 0.2) is 18.2 Å². The Balaban J connectivity index is 1.45. The SMILES string of the molecule is Cc1nnc2c(NCCCCNC(=O)OC(C)C)nc3cc(N4CCOCC4)ccc3n12. The molecular weight excluding hydrogens is 410 g/mol. The van der Waals surface area contributed by atoms with Crippen molar-refractivity contribution in [2.45, 2.75) is 39.7 Å². The molecule has 10 heteroatoms. The highest BCUT2D eigenvalue weighted by Crippen LogP contribution is 2.26. The van der Waals surface area contributed by atoms with E-state index in [1.165, 1.54) is 0 Å². The first kappa shape index (κ1) is 22.1. The zero-order valence-electron chi connectivity index (χ0n) is 18.9. The number of nitrogens with one attached hydrogen (secondary N) is 2. The first-order valence-corrected chi connectivity index (χ1v) is 11.2. The molecule has 0 bridgehead atoms. The summed E-state index contributed by atoms with van der Waals surface area (Å²) in [6, 6.07) is 6.33. The Kier molecular flexibility index (Phi) is 6.89. The summed E-state index contributed by atoms with van der Waals surface area (Å²) in [5.41, 5.74) is 3.74. The van der Waals surface area contributed by atoms with Crippen molar-refractivity contribution in [3.63, 3.8) is 0 Å². The Morgan fingerprint density at radius 3 is 2.75 bits per heavy atom. The molecule has 2 aromatic heterocycles. The molecule has 3 aromatic rings. The second kappa shape index (κ2) is 9.99. The lowest BCUT2D eigenvalue weighted by Gasteiger charge is -2.29. The van der Waals surface area contributed by atoms with Gasteiger partial charge in [0.25, 0.3) is 0 Å². The number of unbranched alkanes of at least 4 members (excludes halogenated alkanes) is 1. The van der Waals surface area contributed by atoms with Gasteiger partial charge in [-0.2, -0.15) is 0 Å². The first-order valence-electron chi connectivity index (χ1n) is 11.2. The maximum atomic E-state index is 11.5. The Morgan fingerprint density at radius 1 is 1.19 bits per heavy atom. The van der Waals surface area contributed by atoms with E-state index in [1.54, 1.807) is 0 Å². The summed E-state index contributed by atoms with van der Waals surface area (Å²) in [6.07, 6.45) is 1.21. The van der Waals surface area contributed by atoms with Crippen molar-refractivity contribution in [2.75, 3.05) is 49.6 Å². The lowest BCUT2D eigenvalue weighted by molar-refractivity contribution is 0.115. The van der Waals surface area contributed by atoms with Gasteiger partial charge in [0.05, 0.1) is 30.4 Å². The zero-order valence-corrected chi connectivity index (χ0v) is 18.9. The fraction of sp³-hybridized carbons (Fsp3) is 0.545. The molecule has 3 heterocycles. The Morgan fingerprint density at radius 2 is 1.97 bits per heavy atom. The van der Waals surface area contributed by atoms with E-state index in [4.69, 9.17) is 14.5 Å². The Bertz CT molecular complexity index is 1080. The monoisotopic (exact) mass is 441 g/mol. The quantitative estimate of drug-likeness (QED) is 0.514. The number of anilines is 2. The number of nitrogens with zero attached hydrogens (tertiary/aromatic N) is 5. The molecule has 2 N–H and O–H groups in total. The van der Waals surface area contributed by atoms with Gasteiger partial charge in [-0.05, 0) is 51.8 Å². The number of hydrogen-bond donors (Lipinski definition) is 2. The third kappa shape index (κ3) is 5.01. The molecular formula is C22H31N7O3. The van der Waals surface area contributed by atoms with Gasteiger partial charge >= 0.3 is 6.09 Å². The average Bonchev–Trinajstić information content (AvgIpc) is 3.18. The molecule has 0 unspecified atom stereocenters. The minimum absolute atomic E-state index is 0.117. The van der Waals surface area contributed by atoms with Crippen LogP contribution in [0.4, 0.5) is 16.3 Å². The molecule has 0 aliphatic carbocycles. The first-order chi connectivity index (χ1) is 15.5. The summed E-state index contributed by atoms with van der Waals surface area (Å²) in [5, 5.41) is 14.8. The molecule has 0 atom stereocenters. The molecule has 10 nitrogen and oxygen atoms in total. The smallest absolute Gasteiger partial charge is 0.407 e. The largest absolute Gasteiger partial charge is 0.447 e. The van der Waals surface area contributed by atoms with Crippen LogP contribution in [0.2, 0.25) is 0 Å². The van der Waals surface area contributed by atoms with Gasteiger partial charge in [0.15, 0.2) is 5.82 Å². The highest BCUT2D eigenvalue weighted by atomic mass is 16.6. The Labute approximate surface area is 187 Å². The van der Waals surface area contributed by atoms with Gasteiger partial charge in [-0.15, -0.1) is 10.2 Å². The Hall–Kier alpha value is -3.14. The van der Waals surface area contributed by atoms with Crippen LogP contribution in [-0.2, 0) is 9.47 Å². The van der Waals surface area contributed by atoms with Crippen LogP contribution in [0, 0.1) is 6.92 Å². The molecule has 1 aliphatic rings. The van der Waals surface area contributed by atoms with Crippen molar-refractivity contribution >= 4 is 34.3 Å². The second-order valence-corrected chi connectivity index (χ2v) is 8.15. The summed E-state index contributed by atoms with van der Waals surface area (Å²) in [5.74, 6) is 1.53. The minimum atomic E-state index is -0.374. The number of rotatable bonds is 8. The third-order valence-corrected chi connectivity index (χ3v) is 5.35. The molecule has 1 aliphatic heterocycles. The van der Waals surface area contributed by atoms with Crippen LogP contribution < -0.4 is 15.5 Å². The number of fused-ring (bicyclic) bond motifs is 3. The van der Waals surface area contributed by atoms with Gasteiger partial charge in [-0.25, -0.2) is 9.78 Å². The van der Waals surface area contributed by atoms with Gasteiger partial charge in [-0.3, -0.25) is 4.40 Å². The summed E-state index contributed by atoms with van der Waals surface area (Å²) in [4.78, 5) is 18.7. The van der Waals surface area contributed by atoms with Crippen LogP contribution >= 0.6 is 0 Å². The number of carbonyl (C=O) groups excluding carboxylic acids is 1. The standard InChI is InChI=1S/C22H31N7O3/c1-15(2)32-22(30)24-9-5-4-8-23-20-21-27-26-16(3)29(21)19-7-6-17(14-18(19)25-20)28-10-12-31-13-11-28/h6-7,14-15H,4-5,8-13H2,1-3H3,(H,23,25)(H,24,30). The third-order valence-electron chi connectivity index (χ3n) is 5.35. The van der Waals surface area contributed by atoms with E-state index in [1.807, 2.05) is 25.2 Å². The maximum Gasteiger partial charge on any atom is 0.407 e. The van der Waals surface area contributed by atoms with E-state index in [0.29, 0.717) is 24.6 Å². The van der Waals surface area contributed by atoms with Gasteiger partial charge < -0.3 is 25.0 Å². The molecule has 1 aromatic carbocycles. The predicted molar refractivity (Wildman–Crippen MR) is 123 cm³/mol. The fourth-order valence-electron chi connectivity index (χ4n) is 3.80. The van der Waals surface area contributed by atoms with E-state index in [0.717, 1.165) is 61.7 Å².